The number of nitrogens with one attached hydrogen (secondary N) is 1. The Labute approximate surface area is 119 Å². The smallest absolute Gasteiger partial charge is 0.124 e. The van der Waals surface area contributed by atoms with E-state index in [9.17, 15) is 0 Å². The molecule has 102 valence electrons. The van der Waals surface area contributed by atoms with E-state index in [0.29, 0.717) is 12.2 Å². The van der Waals surface area contributed by atoms with Crippen LogP contribution in [-0.4, -0.2) is 6.54 Å². The van der Waals surface area contributed by atoms with E-state index >= 15 is 0 Å². The monoisotopic (exact) mass is 266 g/mol. The molecule has 0 radical (unpaired) electrons. The van der Waals surface area contributed by atoms with Gasteiger partial charge >= 0.3 is 0 Å². The van der Waals surface area contributed by atoms with Gasteiger partial charge in [-0.2, -0.15) is 5.26 Å². The summed E-state index contributed by atoms with van der Waals surface area (Å²) in [6.45, 7) is 4.28. The second kappa shape index (κ2) is 7.32. The first-order valence-corrected chi connectivity index (χ1v) is 6.74. The highest BCUT2D eigenvalue weighted by Gasteiger charge is 2.03. The molecule has 1 N–H and O–H groups in total. The molecule has 2 rings (SSSR count). The molecule has 0 saturated carbocycles. The highest BCUT2D eigenvalue weighted by atomic mass is 16.5. The van der Waals surface area contributed by atoms with Crippen molar-refractivity contribution in [2.45, 2.75) is 20.1 Å². The Morgan fingerprint density at radius 1 is 1.15 bits per heavy atom. The molecule has 0 saturated heterocycles. The summed E-state index contributed by atoms with van der Waals surface area (Å²) >= 11 is 0. The van der Waals surface area contributed by atoms with Crippen LogP contribution in [0.4, 0.5) is 0 Å². The standard InChI is InChI=1S/C17H18N2O/c1-2-19-12-16-8-3-4-9-17(16)20-13-15-7-5-6-14(10-15)11-18/h3-10,19H,2,12-13H2,1H3. The SMILES string of the molecule is CCNCc1ccccc1OCc1cccc(C#N)c1. The van der Waals surface area contributed by atoms with Crippen LogP contribution in [0.2, 0.25) is 0 Å². The molecule has 0 aliphatic rings. The number of hydrogen-bond acceptors (Lipinski definition) is 3. The molecule has 2 aromatic rings. The third kappa shape index (κ3) is 3.84. The summed E-state index contributed by atoms with van der Waals surface area (Å²) in [5, 5.41) is 12.2. The van der Waals surface area contributed by atoms with Crippen LogP contribution in [0.15, 0.2) is 48.5 Å². The molecular formula is C17H18N2O. The van der Waals surface area contributed by atoms with E-state index in [0.717, 1.165) is 30.0 Å². The second-order valence-electron chi connectivity index (χ2n) is 4.49. The van der Waals surface area contributed by atoms with Gasteiger partial charge in [-0.25, -0.2) is 0 Å². The summed E-state index contributed by atoms with van der Waals surface area (Å²) in [5.74, 6) is 0.885. The first-order chi connectivity index (χ1) is 9.83. The quantitative estimate of drug-likeness (QED) is 0.873. The average Bonchev–Trinajstić information content (AvgIpc) is 2.52. The van der Waals surface area contributed by atoms with Crippen molar-refractivity contribution >= 4 is 0 Å². The van der Waals surface area contributed by atoms with E-state index in [2.05, 4.69) is 24.4 Å². The fraction of sp³-hybridized carbons (Fsp3) is 0.235. The Hall–Kier alpha value is -2.31. The van der Waals surface area contributed by atoms with Gasteiger partial charge in [-0.3, -0.25) is 0 Å². The lowest BCUT2D eigenvalue weighted by Crippen LogP contribution is -2.12. The molecule has 0 atom stereocenters. The Morgan fingerprint density at radius 3 is 2.80 bits per heavy atom. The van der Waals surface area contributed by atoms with Crippen molar-refractivity contribution in [3.05, 3.63) is 65.2 Å². The predicted octanol–water partition coefficient (Wildman–Crippen LogP) is 3.25. The van der Waals surface area contributed by atoms with E-state index in [-0.39, 0.29) is 0 Å². The number of benzene rings is 2. The van der Waals surface area contributed by atoms with Gasteiger partial charge in [-0.05, 0) is 30.3 Å². The van der Waals surface area contributed by atoms with Crippen molar-refractivity contribution in [3.8, 4) is 11.8 Å². The van der Waals surface area contributed by atoms with E-state index in [1.165, 1.54) is 0 Å². The minimum atomic E-state index is 0.471. The zero-order chi connectivity index (χ0) is 14.2. The normalized spacial score (nSPS) is 10.0. The maximum absolute atomic E-state index is 8.89. The van der Waals surface area contributed by atoms with Crippen molar-refractivity contribution in [1.29, 1.82) is 5.26 Å². The first-order valence-electron chi connectivity index (χ1n) is 6.74. The van der Waals surface area contributed by atoms with Gasteiger partial charge in [0.25, 0.3) is 0 Å². The Balaban J connectivity index is 2.05. The van der Waals surface area contributed by atoms with Crippen LogP contribution >= 0.6 is 0 Å². The number of para-hydroxylation sites is 1. The molecule has 0 spiro atoms. The molecule has 0 amide bonds. The third-order valence-electron chi connectivity index (χ3n) is 2.99. The highest BCUT2D eigenvalue weighted by Crippen LogP contribution is 2.19. The minimum Gasteiger partial charge on any atom is -0.489 e. The number of hydrogen-bond donors (Lipinski definition) is 1. The minimum absolute atomic E-state index is 0.471. The zero-order valence-electron chi connectivity index (χ0n) is 11.6. The molecule has 3 nitrogen and oxygen atoms in total. The van der Waals surface area contributed by atoms with Crippen molar-refractivity contribution < 1.29 is 4.74 Å². The number of ether oxygens (including phenoxy) is 1. The number of nitrogens with zero attached hydrogens (tertiary/aromatic N) is 1. The van der Waals surface area contributed by atoms with Crippen LogP contribution in [0, 0.1) is 11.3 Å². The van der Waals surface area contributed by atoms with Gasteiger partial charge in [0.2, 0.25) is 0 Å². The van der Waals surface area contributed by atoms with E-state index < -0.39 is 0 Å². The van der Waals surface area contributed by atoms with Gasteiger partial charge in [-0.15, -0.1) is 0 Å². The van der Waals surface area contributed by atoms with Gasteiger partial charge in [0.05, 0.1) is 11.6 Å². The predicted molar refractivity (Wildman–Crippen MR) is 79.3 cm³/mol. The molecule has 3 heteroatoms. The maximum Gasteiger partial charge on any atom is 0.124 e. The lowest BCUT2D eigenvalue weighted by Gasteiger charge is -2.12. The van der Waals surface area contributed by atoms with Crippen LogP contribution in [0.25, 0.3) is 0 Å². The van der Waals surface area contributed by atoms with Gasteiger partial charge in [0, 0.05) is 12.1 Å². The van der Waals surface area contributed by atoms with Gasteiger partial charge < -0.3 is 10.1 Å². The molecule has 0 aliphatic heterocycles. The topological polar surface area (TPSA) is 45.0 Å². The molecular weight excluding hydrogens is 248 g/mol. The molecule has 0 fully saturated rings. The summed E-state index contributed by atoms with van der Waals surface area (Å²) in [6, 6.07) is 17.6. The summed E-state index contributed by atoms with van der Waals surface area (Å²) < 4.78 is 5.87. The van der Waals surface area contributed by atoms with Crippen LogP contribution in [0.3, 0.4) is 0 Å². The molecule has 20 heavy (non-hydrogen) atoms. The van der Waals surface area contributed by atoms with E-state index in [4.69, 9.17) is 10.00 Å². The fourth-order valence-electron chi connectivity index (χ4n) is 1.94. The van der Waals surface area contributed by atoms with Crippen molar-refractivity contribution in [2.24, 2.45) is 0 Å². The van der Waals surface area contributed by atoms with Gasteiger partial charge in [0.15, 0.2) is 0 Å². The molecule has 0 bridgehead atoms. The zero-order valence-corrected chi connectivity index (χ0v) is 11.6. The lowest BCUT2D eigenvalue weighted by molar-refractivity contribution is 0.302. The Bertz CT molecular complexity index is 602. The fourth-order valence-corrected chi connectivity index (χ4v) is 1.94. The highest BCUT2D eigenvalue weighted by molar-refractivity contribution is 5.35. The van der Waals surface area contributed by atoms with E-state index in [1.807, 2.05) is 36.4 Å². The summed E-state index contributed by atoms with van der Waals surface area (Å²) in [5.41, 5.74) is 2.81. The van der Waals surface area contributed by atoms with Gasteiger partial charge in [0.1, 0.15) is 12.4 Å². The molecule has 2 aromatic carbocycles. The maximum atomic E-state index is 8.89. The van der Waals surface area contributed by atoms with Crippen molar-refractivity contribution in [2.75, 3.05) is 6.54 Å². The second-order valence-corrected chi connectivity index (χ2v) is 4.49. The Morgan fingerprint density at radius 2 is 2.00 bits per heavy atom. The molecule has 0 unspecified atom stereocenters. The lowest BCUT2D eigenvalue weighted by atomic mass is 10.1. The molecule has 0 heterocycles. The number of nitriles is 1. The summed E-state index contributed by atoms with van der Waals surface area (Å²) in [7, 11) is 0. The summed E-state index contributed by atoms with van der Waals surface area (Å²) in [4.78, 5) is 0. The van der Waals surface area contributed by atoms with Crippen LogP contribution < -0.4 is 10.1 Å². The Kier molecular flexibility index (Phi) is 5.16. The van der Waals surface area contributed by atoms with Gasteiger partial charge in [-0.1, -0.05) is 37.3 Å². The van der Waals surface area contributed by atoms with Crippen molar-refractivity contribution in [3.63, 3.8) is 0 Å². The first kappa shape index (κ1) is 14.1. The van der Waals surface area contributed by atoms with Crippen LogP contribution in [0.1, 0.15) is 23.6 Å². The van der Waals surface area contributed by atoms with Crippen LogP contribution in [0.5, 0.6) is 5.75 Å². The number of rotatable bonds is 6. The third-order valence-corrected chi connectivity index (χ3v) is 2.99. The summed E-state index contributed by atoms with van der Waals surface area (Å²) in [6.07, 6.45) is 0. The average molecular weight is 266 g/mol. The largest absolute Gasteiger partial charge is 0.489 e. The molecule has 0 aromatic heterocycles. The molecule has 0 aliphatic carbocycles. The van der Waals surface area contributed by atoms with E-state index in [1.54, 1.807) is 6.07 Å². The van der Waals surface area contributed by atoms with Crippen molar-refractivity contribution in [1.82, 2.24) is 5.32 Å². The van der Waals surface area contributed by atoms with Crippen LogP contribution in [-0.2, 0) is 13.2 Å².